The lowest BCUT2D eigenvalue weighted by atomic mass is 10.2. The van der Waals surface area contributed by atoms with E-state index < -0.39 is 5.91 Å². The SMILES string of the molecule is Cc1sc2ncc(C(=O)Nc3ccccc3Oc3ccccc3)c(=O)n2c1C. The summed E-state index contributed by atoms with van der Waals surface area (Å²) in [6.07, 6.45) is 1.32. The number of hydrogen-bond donors (Lipinski definition) is 1. The van der Waals surface area contributed by atoms with Crippen molar-refractivity contribution < 1.29 is 9.53 Å². The predicted octanol–water partition coefficient (Wildman–Crippen LogP) is 4.42. The van der Waals surface area contributed by atoms with Crippen LogP contribution in [-0.2, 0) is 0 Å². The van der Waals surface area contributed by atoms with Gasteiger partial charge in [0, 0.05) is 16.8 Å². The van der Waals surface area contributed by atoms with Crippen LogP contribution in [0.15, 0.2) is 65.6 Å². The van der Waals surface area contributed by atoms with Crippen LogP contribution in [0.1, 0.15) is 20.9 Å². The largest absolute Gasteiger partial charge is 0.455 e. The molecule has 0 aliphatic rings. The number of rotatable bonds is 4. The normalized spacial score (nSPS) is 10.8. The molecule has 0 aliphatic heterocycles. The van der Waals surface area contributed by atoms with Crippen molar-refractivity contribution in [3.05, 3.63) is 87.3 Å². The van der Waals surface area contributed by atoms with E-state index in [-0.39, 0.29) is 11.1 Å². The number of aryl methyl sites for hydroxylation is 2. The number of fused-ring (bicyclic) bond motifs is 1. The number of ether oxygens (including phenoxy) is 1. The van der Waals surface area contributed by atoms with Crippen molar-refractivity contribution in [3.63, 3.8) is 0 Å². The van der Waals surface area contributed by atoms with E-state index in [4.69, 9.17) is 4.74 Å². The number of aromatic nitrogens is 2. The number of carbonyl (C=O) groups is 1. The third-order valence-corrected chi connectivity index (χ3v) is 5.44. The van der Waals surface area contributed by atoms with Gasteiger partial charge in [-0.05, 0) is 38.1 Å². The standard InChI is InChI=1S/C21H17N3O3S/c1-13-14(2)28-21-22-12-16(20(26)24(13)21)19(25)23-17-10-6-7-11-18(17)27-15-8-4-3-5-9-15/h3-12H,1-2H3,(H,23,25). The maximum Gasteiger partial charge on any atom is 0.271 e. The minimum Gasteiger partial charge on any atom is -0.455 e. The Balaban J connectivity index is 1.66. The second-order valence-corrected chi connectivity index (χ2v) is 7.39. The van der Waals surface area contributed by atoms with Gasteiger partial charge in [0.1, 0.15) is 11.3 Å². The molecule has 0 saturated heterocycles. The van der Waals surface area contributed by atoms with Crippen LogP contribution in [0.4, 0.5) is 5.69 Å². The van der Waals surface area contributed by atoms with E-state index in [1.165, 1.54) is 21.9 Å². The fourth-order valence-electron chi connectivity index (χ4n) is 2.80. The highest BCUT2D eigenvalue weighted by Gasteiger charge is 2.18. The number of amides is 1. The van der Waals surface area contributed by atoms with E-state index >= 15 is 0 Å². The second-order valence-electron chi connectivity index (χ2n) is 6.20. The summed E-state index contributed by atoms with van der Waals surface area (Å²) >= 11 is 1.42. The van der Waals surface area contributed by atoms with Crippen LogP contribution in [0.25, 0.3) is 4.96 Å². The average Bonchev–Trinajstić information content (AvgIpc) is 2.99. The minimum absolute atomic E-state index is 0.0204. The van der Waals surface area contributed by atoms with Gasteiger partial charge < -0.3 is 10.1 Å². The van der Waals surface area contributed by atoms with Gasteiger partial charge >= 0.3 is 0 Å². The summed E-state index contributed by atoms with van der Waals surface area (Å²) in [7, 11) is 0. The van der Waals surface area contributed by atoms with Crippen molar-refractivity contribution in [2.45, 2.75) is 13.8 Å². The van der Waals surface area contributed by atoms with Crippen LogP contribution < -0.4 is 15.6 Å². The van der Waals surface area contributed by atoms with Crippen molar-refractivity contribution in [2.24, 2.45) is 0 Å². The zero-order valence-corrected chi connectivity index (χ0v) is 16.1. The Hall–Kier alpha value is -3.45. The van der Waals surface area contributed by atoms with Gasteiger partial charge in [-0.2, -0.15) is 0 Å². The van der Waals surface area contributed by atoms with Gasteiger partial charge in [0.25, 0.3) is 11.5 Å². The van der Waals surface area contributed by atoms with Crippen LogP contribution in [0.3, 0.4) is 0 Å². The fourth-order valence-corrected chi connectivity index (χ4v) is 3.73. The number of para-hydroxylation sites is 3. The molecular weight excluding hydrogens is 374 g/mol. The Morgan fingerprint density at radius 2 is 1.79 bits per heavy atom. The smallest absolute Gasteiger partial charge is 0.271 e. The third-order valence-electron chi connectivity index (χ3n) is 4.37. The first-order valence-electron chi connectivity index (χ1n) is 8.65. The van der Waals surface area contributed by atoms with E-state index in [2.05, 4.69) is 10.3 Å². The second kappa shape index (κ2) is 7.28. The van der Waals surface area contributed by atoms with Crippen molar-refractivity contribution in [1.29, 1.82) is 0 Å². The number of thiazole rings is 1. The van der Waals surface area contributed by atoms with Gasteiger partial charge in [-0.25, -0.2) is 4.98 Å². The Labute approximate surface area is 165 Å². The van der Waals surface area contributed by atoms with Crippen molar-refractivity contribution >= 4 is 27.9 Å². The molecule has 0 radical (unpaired) electrons. The summed E-state index contributed by atoms with van der Waals surface area (Å²) in [5, 5.41) is 2.76. The molecule has 4 rings (SSSR count). The zero-order chi connectivity index (χ0) is 19.7. The Morgan fingerprint density at radius 3 is 2.57 bits per heavy atom. The number of nitrogens with zero attached hydrogens (tertiary/aromatic N) is 2. The van der Waals surface area contributed by atoms with Gasteiger partial charge in [0.2, 0.25) is 0 Å². The highest BCUT2D eigenvalue weighted by atomic mass is 32.1. The molecule has 1 amide bonds. The summed E-state index contributed by atoms with van der Waals surface area (Å²) in [6, 6.07) is 16.3. The molecule has 4 aromatic rings. The van der Waals surface area contributed by atoms with Crippen LogP contribution >= 0.6 is 11.3 Å². The average molecular weight is 391 g/mol. The topological polar surface area (TPSA) is 72.7 Å². The molecule has 2 aromatic carbocycles. The van der Waals surface area contributed by atoms with E-state index in [0.717, 1.165) is 10.6 Å². The lowest BCUT2D eigenvalue weighted by Gasteiger charge is -2.12. The Morgan fingerprint density at radius 1 is 1.07 bits per heavy atom. The molecular formula is C21H17N3O3S. The van der Waals surface area contributed by atoms with Crippen LogP contribution in [0, 0.1) is 13.8 Å². The highest BCUT2D eigenvalue weighted by molar-refractivity contribution is 7.17. The molecule has 0 bridgehead atoms. The number of anilines is 1. The van der Waals surface area contributed by atoms with Crippen molar-refractivity contribution in [3.8, 4) is 11.5 Å². The van der Waals surface area contributed by atoms with Crippen molar-refractivity contribution in [1.82, 2.24) is 9.38 Å². The maximum absolute atomic E-state index is 12.8. The maximum atomic E-state index is 12.8. The summed E-state index contributed by atoms with van der Waals surface area (Å²) in [6.45, 7) is 3.76. The molecule has 7 heteroatoms. The first-order valence-corrected chi connectivity index (χ1v) is 9.47. The van der Waals surface area contributed by atoms with Crippen LogP contribution in [0.2, 0.25) is 0 Å². The summed E-state index contributed by atoms with van der Waals surface area (Å²) in [5.41, 5.74) is 0.859. The Bertz CT molecular complexity index is 1230. The summed E-state index contributed by atoms with van der Waals surface area (Å²) in [4.78, 5) is 31.4. The van der Waals surface area contributed by atoms with Crippen LogP contribution in [0.5, 0.6) is 11.5 Å². The van der Waals surface area contributed by atoms with Gasteiger partial charge in [0.15, 0.2) is 10.7 Å². The molecule has 0 atom stereocenters. The number of hydrogen-bond acceptors (Lipinski definition) is 5. The molecule has 2 heterocycles. The number of nitrogens with one attached hydrogen (secondary N) is 1. The highest BCUT2D eigenvalue weighted by Crippen LogP contribution is 2.29. The quantitative estimate of drug-likeness (QED) is 0.559. The van der Waals surface area contributed by atoms with Crippen molar-refractivity contribution in [2.75, 3.05) is 5.32 Å². The van der Waals surface area contributed by atoms with E-state index in [1.807, 2.05) is 50.2 Å². The van der Waals surface area contributed by atoms with Gasteiger partial charge in [0.05, 0.1) is 5.69 Å². The van der Waals surface area contributed by atoms with Gasteiger partial charge in [-0.1, -0.05) is 30.3 Å². The Kier molecular flexibility index (Phi) is 4.67. The first kappa shape index (κ1) is 17.9. The summed E-state index contributed by atoms with van der Waals surface area (Å²) in [5.74, 6) is 0.606. The van der Waals surface area contributed by atoms with Gasteiger partial charge in [-0.3, -0.25) is 14.0 Å². The number of carbonyl (C=O) groups excluding carboxylic acids is 1. The van der Waals surface area contributed by atoms with Crippen LogP contribution in [-0.4, -0.2) is 15.3 Å². The summed E-state index contributed by atoms with van der Waals surface area (Å²) < 4.78 is 7.33. The van der Waals surface area contributed by atoms with E-state index in [1.54, 1.807) is 18.2 Å². The molecule has 6 nitrogen and oxygen atoms in total. The monoisotopic (exact) mass is 391 g/mol. The third kappa shape index (κ3) is 3.27. The molecule has 0 unspecified atom stereocenters. The first-order chi connectivity index (χ1) is 13.5. The van der Waals surface area contributed by atoms with E-state index in [0.29, 0.717) is 22.1 Å². The lowest BCUT2D eigenvalue weighted by Crippen LogP contribution is -2.26. The fraction of sp³-hybridized carbons (Fsp3) is 0.0952. The van der Waals surface area contributed by atoms with E-state index in [9.17, 15) is 9.59 Å². The molecule has 0 spiro atoms. The molecule has 28 heavy (non-hydrogen) atoms. The molecule has 0 aliphatic carbocycles. The minimum atomic E-state index is -0.528. The molecule has 2 aromatic heterocycles. The van der Waals surface area contributed by atoms with Gasteiger partial charge in [-0.15, -0.1) is 11.3 Å². The predicted molar refractivity (Wildman–Crippen MR) is 110 cm³/mol. The molecule has 0 fully saturated rings. The molecule has 140 valence electrons. The molecule has 1 N–H and O–H groups in total. The lowest BCUT2D eigenvalue weighted by molar-refractivity contribution is 0.102. The zero-order valence-electron chi connectivity index (χ0n) is 15.3. The molecule has 0 saturated carbocycles. The number of benzene rings is 2.